The normalized spacial score (nSPS) is 19.8. The van der Waals surface area contributed by atoms with Crippen molar-refractivity contribution in [3.05, 3.63) is 29.3 Å². The molecule has 1 saturated heterocycles. The van der Waals surface area contributed by atoms with Crippen LogP contribution >= 0.6 is 0 Å². The zero-order chi connectivity index (χ0) is 21.7. The number of amides is 3. The minimum Gasteiger partial charge on any atom is -0.382 e. The number of hydrogen-bond donors (Lipinski definition) is 4. The highest BCUT2D eigenvalue weighted by Gasteiger charge is 2.41. The second-order valence-electron chi connectivity index (χ2n) is 8.19. The summed E-state index contributed by atoms with van der Waals surface area (Å²) in [7, 11) is 0. The summed E-state index contributed by atoms with van der Waals surface area (Å²) < 4.78 is 0. The molecule has 3 rings (SSSR count). The van der Waals surface area contributed by atoms with Gasteiger partial charge in [-0.2, -0.15) is 0 Å². The topological polar surface area (TPSA) is 119 Å². The molecule has 1 aromatic rings. The van der Waals surface area contributed by atoms with Gasteiger partial charge in [0, 0.05) is 12.2 Å². The standard InChI is InChI=1S/C22H31N3O5/c1-2-3-8-17(19(26)21(28)24-30)22(29)25-12-5-9-18(25)20(27)23-16-11-10-14-6-4-7-15(14)13-16/h10-11,13,17-19,26,30H,2-9,12H2,1H3,(H,23,27)(H,24,28)/t17?,18-,19?/m0/s1. The number of nitrogens with zero attached hydrogens (tertiary/aromatic N) is 1. The average Bonchev–Trinajstić information content (AvgIpc) is 3.42. The van der Waals surface area contributed by atoms with Gasteiger partial charge in [0.2, 0.25) is 11.8 Å². The number of aryl methyl sites for hydroxylation is 2. The van der Waals surface area contributed by atoms with E-state index in [0.717, 1.165) is 31.4 Å². The molecule has 4 N–H and O–H groups in total. The third kappa shape index (κ3) is 4.82. The van der Waals surface area contributed by atoms with Gasteiger partial charge in [-0.3, -0.25) is 19.6 Å². The van der Waals surface area contributed by atoms with Crippen molar-refractivity contribution in [1.29, 1.82) is 0 Å². The third-order valence-electron chi connectivity index (χ3n) is 6.15. The Hall–Kier alpha value is -2.45. The first kappa shape index (κ1) is 22.2. The van der Waals surface area contributed by atoms with Gasteiger partial charge in [-0.05, 0) is 61.8 Å². The summed E-state index contributed by atoms with van der Waals surface area (Å²) >= 11 is 0. The van der Waals surface area contributed by atoms with Crippen LogP contribution in [0.5, 0.6) is 0 Å². The van der Waals surface area contributed by atoms with Gasteiger partial charge in [-0.1, -0.05) is 25.8 Å². The lowest BCUT2D eigenvalue weighted by molar-refractivity contribution is -0.152. The molecule has 1 heterocycles. The monoisotopic (exact) mass is 417 g/mol. The summed E-state index contributed by atoms with van der Waals surface area (Å²) in [6.45, 7) is 2.35. The van der Waals surface area contributed by atoms with Gasteiger partial charge < -0.3 is 15.3 Å². The quantitative estimate of drug-likeness (QED) is 0.380. The van der Waals surface area contributed by atoms with Crippen LogP contribution in [0, 0.1) is 5.92 Å². The molecule has 2 aliphatic rings. The maximum Gasteiger partial charge on any atom is 0.272 e. The molecule has 0 saturated carbocycles. The van der Waals surface area contributed by atoms with Gasteiger partial charge in [0.05, 0.1) is 5.92 Å². The average molecular weight is 418 g/mol. The Balaban J connectivity index is 1.71. The molecule has 8 nitrogen and oxygen atoms in total. The summed E-state index contributed by atoms with van der Waals surface area (Å²) in [4.78, 5) is 39.3. The number of rotatable bonds is 8. The largest absolute Gasteiger partial charge is 0.382 e. The predicted octanol–water partition coefficient (Wildman–Crippen LogP) is 1.78. The number of unbranched alkanes of at least 4 members (excludes halogenated alkanes) is 1. The smallest absolute Gasteiger partial charge is 0.272 e. The minimum absolute atomic E-state index is 0.255. The molecule has 1 fully saturated rings. The first-order valence-corrected chi connectivity index (χ1v) is 10.8. The summed E-state index contributed by atoms with van der Waals surface area (Å²) in [6, 6.07) is 5.29. The van der Waals surface area contributed by atoms with E-state index in [-0.39, 0.29) is 5.91 Å². The first-order valence-electron chi connectivity index (χ1n) is 10.8. The fourth-order valence-corrected chi connectivity index (χ4v) is 4.48. The summed E-state index contributed by atoms with van der Waals surface area (Å²) in [5.41, 5.74) is 4.71. The second-order valence-corrected chi connectivity index (χ2v) is 8.19. The number of anilines is 1. The fraction of sp³-hybridized carbons (Fsp3) is 0.591. The Morgan fingerprint density at radius 2 is 1.97 bits per heavy atom. The maximum atomic E-state index is 13.2. The van der Waals surface area contributed by atoms with Gasteiger partial charge in [0.25, 0.3) is 5.91 Å². The minimum atomic E-state index is -1.66. The molecule has 1 aliphatic heterocycles. The molecule has 0 aromatic heterocycles. The number of hydrogen-bond acceptors (Lipinski definition) is 5. The number of nitrogens with one attached hydrogen (secondary N) is 2. The second kappa shape index (κ2) is 10.0. The maximum absolute atomic E-state index is 13.2. The SMILES string of the molecule is CCCCC(C(=O)N1CCC[C@H]1C(=O)Nc1ccc2c(c1)CCC2)C(O)C(=O)NO. The molecule has 3 atom stereocenters. The van der Waals surface area contributed by atoms with E-state index >= 15 is 0 Å². The predicted molar refractivity (Wildman–Crippen MR) is 111 cm³/mol. The van der Waals surface area contributed by atoms with Crippen LogP contribution in [0.3, 0.4) is 0 Å². The molecular formula is C22H31N3O5. The van der Waals surface area contributed by atoms with Crippen molar-refractivity contribution < 1.29 is 24.7 Å². The van der Waals surface area contributed by atoms with E-state index in [1.807, 2.05) is 25.1 Å². The summed E-state index contributed by atoms with van der Waals surface area (Å²) in [6.07, 6.45) is 4.50. The van der Waals surface area contributed by atoms with E-state index in [2.05, 4.69) is 5.32 Å². The van der Waals surface area contributed by atoms with Gasteiger partial charge in [0.1, 0.15) is 12.1 Å². The number of carbonyl (C=O) groups is 3. The molecule has 0 bridgehead atoms. The number of hydroxylamine groups is 1. The number of carbonyl (C=O) groups excluding carboxylic acids is 3. The number of fused-ring (bicyclic) bond motifs is 1. The van der Waals surface area contributed by atoms with Gasteiger partial charge in [-0.25, -0.2) is 5.48 Å². The van der Waals surface area contributed by atoms with Gasteiger partial charge >= 0.3 is 0 Å². The van der Waals surface area contributed by atoms with E-state index in [4.69, 9.17) is 5.21 Å². The Kier molecular flexibility index (Phi) is 7.44. The number of aliphatic hydroxyl groups excluding tert-OH is 1. The highest BCUT2D eigenvalue weighted by molar-refractivity contribution is 5.98. The molecule has 0 radical (unpaired) electrons. The van der Waals surface area contributed by atoms with Crippen molar-refractivity contribution in [1.82, 2.24) is 10.4 Å². The van der Waals surface area contributed by atoms with Crippen LogP contribution in [-0.4, -0.2) is 51.6 Å². The van der Waals surface area contributed by atoms with Crippen LogP contribution in [0.15, 0.2) is 18.2 Å². The highest BCUT2D eigenvalue weighted by Crippen LogP contribution is 2.27. The molecule has 8 heteroatoms. The van der Waals surface area contributed by atoms with Crippen molar-refractivity contribution in [3.63, 3.8) is 0 Å². The van der Waals surface area contributed by atoms with Crippen LogP contribution in [0.4, 0.5) is 5.69 Å². The van der Waals surface area contributed by atoms with Crippen molar-refractivity contribution in [2.45, 2.75) is 70.4 Å². The van der Waals surface area contributed by atoms with E-state index in [1.54, 1.807) is 0 Å². The lowest BCUT2D eigenvalue weighted by Gasteiger charge is -2.30. The molecular weight excluding hydrogens is 386 g/mol. The number of benzene rings is 1. The Morgan fingerprint density at radius 3 is 2.70 bits per heavy atom. The van der Waals surface area contributed by atoms with Crippen molar-refractivity contribution in [2.24, 2.45) is 5.92 Å². The third-order valence-corrected chi connectivity index (χ3v) is 6.15. The van der Waals surface area contributed by atoms with Crippen LogP contribution < -0.4 is 10.8 Å². The zero-order valence-electron chi connectivity index (χ0n) is 17.4. The summed E-state index contributed by atoms with van der Waals surface area (Å²) in [5.74, 6) is -2.69. The molecule has 1 aromatic carbocycles. The van der Waals surface area contributed by atoms with Gasteiger partial charge in [0.15, 0.2) is 0 Å². The zero-order valence-corrected chi connectivity index (χ0v) is 17.4. The fourth-order valence-electron chi connectivity index (χ4n) is 4.48. The van der Waals surface area contributed by atoms with Gasteiger partial charge in [-0.15, -0.1) is 0 Å². The van der Waals surface area contributed by atoms with E-state index in [9.17, 15) is 19.5 Å². The molecule has 164 valence electrons. The first-order chi connectivity index (χ1) is 14.5. The highest BCUT2D eigenvalue weighted by atomic mass is 16.5. The van der Waals surface area contributed by atoms with Crippen LogP contribution in [0.2, 0.25) is 0 Å². The Morgan fingerprint density at radius 1 is 1.20 bits per heavy atom. The van der Waals surface area contributed by atoms with Crippen LogP contribution in [0.25, 0.3) is 0 Å². The van der Waals surface area contributed by atoms with Crippen LogP contribution in [-0.2, 0) is 27.2 Å². The molecule has 2 unspecified atom stereocenters. The molecule has 30 heavy (non-hydrogen) atoms. The molecule has 3 amide bonds. The molecule has 0 spiro atoms. The number of likely N-dealkylation sites (tertiary alicyclic amines) is 1. The van der Waals surface area contributed by atoms with E-state index in [0.29, 0.717) is 32.2 Å². The number of aliphatic hydroxyl groups is 1. The lowest BCUT2D eigenvalue weighted by atomic mass is 9.93. The van der Waals surface area contributed by atoms with Crippen molar-refractivity contribution >= 4 is 23.4 Å². The lowest BCUT2D eigenvalue weighted by Crippen LogP contribution is -2.50. The van der Waals surface area contributed by atoms with E-state index in [1.165, 1.54) is 21.5 Å². The Labute approximate surface area is 176 Å². The van der Waals surface area contributed by atoms with E-state index < -0.39 is 29.9 Å². The van der Waals surface area contributed by atoms with Crippen molar-refractivity contribution in [3.8, 4) is 0 Å². The summed E-state index contributed by atoms with van der Waals surface area (Å²) in [5, 5.41) is 22.0. The van der Waals surface area contributed by atoms with Crippen molar-refractivity contribution in [2.75, 3.05) is 11.9 Å². The Bertz CT molecular complexity index is 797. The van der Waals surface area contributed by atoms with Crippen LogP contribution in [0.1, 0.15) is 56.6 Å². The molecule has 1 aliphatic carbocycles.